The highest BCUT2D eigenvalue weighted by Crippen LogP contribution is 2.55. The van der Waals surface area contributed by atoms with Crippen molar-refractivity contribution in [1.82, 2.24) is 0 Å². The van der Waals surface area contributed by atoms with Crippen LogP contribution in [-0.2, 0) is 0 Å². The molecule has 2 atom stereocenters. The van der Waals surface area contributed by atoms with E-state index in [2.05, 4.69) is 138 Å². The highest BCUT2D eigenvalue weighted by Gasteiger charge is 2.48. The molecule has 0 spiro atoms. The van der Waals surface area contributed by atoms with Crippen LogP contribution in [0.15, 0.2) is 96.1 Å². The monoisotopic (exact) mass is 552 g/mol. The van der Waals surface area contributed by atoms with Gasteiger partial charge in [0.1, 0.15) is 0 Å². The van der Waals surface area contributed by atoms with Crippen LogP contribution in [0.2, 0.25) is 13.1 Å². The van der Waals surface area contributed by atoms with Gasteiger partial charge in [0.15, 0.2) is 0 Å². The van der Waals surface area contributed by atoms with E-state index in [0.717, 1.165) is 0 Å². The second-order valence-electron chi connectivity index (χ2n) is 13.0. The number of hydrogen-bond donors (Lipinski definition) is 0. The molecule has 41 heavy (non-hydrogen) atoms. The van der Waals surface area contributed by atoms with E-state index in [4.69, 9.17) is 0 Å². The molecular weight excluding hydrogens is 509 g/mol. The molecule has 0 radical (unpaired) electrons. The molecule has 1 heteroatoms. The van der Waals surface area contributed by atoms with Crippen LogP contribution < -0.4 is 0 Å². The molecule has 208 valence electrons. The summed E-state index contributed by atoms with van der Waals surface area (Å²) in [5, 5.41) is 0. The fourth-order valence-electron chi connectivity index (χ4n) is 7.83. The van der Waals surface area contributed by atoms with Crippen molar-refractivity contribution in [2.24, 2.45) is 0 Å². The molecule has 0 amide bonds. The predicted octanol–water partition coefficient (Wildman–Crippen LogP) is 11.7. The van der Waals surface area contributed by atoms with Gasteiger partial charge in [-0.05, 0) is 71.2 Å². The zero-order chi connectivity index (χ0) is 28.7. The molecule has 0 N–H and O–H groups in total. The molecule has 4 aromatic rings. The summed E-state index contributed by atoms with van der Waals surface area (Å²) >= 11 is 0. The Hall–Kier alpha value is -3.42. The summed E-state index contributed by atoms with van der Waals surface area (Å²) in [5.74, 6) is 0. The van der Waals surface area contributed by atoms with Gasteiger partial charge in [0.25, 0.3) is 0 Å². The van der Waals surface area contributed by atoms with Crippen LogP contribution in [0.3, 0.4) is 0 Å². The molecule has 2 unspecified atom stereocenters. The highest BCUT2D eigenvalue weighted by atomic mass is 28.3. The average Bonchev–Trinajstić information content (AvgIpc) is 3.53. The minimum absolute atomic E-state index is 0.530. The first-order chi connectivity index (χ1) is 19.8. The van der Waals surface area contributed by atoms with Crippen LogP contribution in [0, 0.1) is 13.8 Å². The molecule has 2 aliphatic carbocycles. The molecule has 6 rings (SSSR count). The van der Waals surface area contributed by atoms with Crippen molar-refractivity contribution in [3.8, 4) is 22.3 Å². The molecule has 0 nitrogen and oxygen atoms in total. The third-order valence-electron chi connectivity index (χ3n) is 9.59. The summed E-state index contributed by atoms with van der Waals surface area (Å²) in [4.78, 5) is 0. The topological polar surface area (TPSA) is 0 Å². The lowest BCUT2D eigenvalue weighted by Crippen LogP contribution is -2.43. The van der Waals surface area contributed by atoms with Crippen molar-refractivity contribution in [2.45, 2.75) is 77.6 Å². The third kappa shape index (κ3) is 4.89. The van der Waals surface area contributed by atoms with Gasteiger partial charge in [0.2, 0.25) is 0 Å². The minimum Gasteiger partial charge on any atom is -0.0679 e. The first-order valence-corrected chi connectivity index (χ1v) is 18.8. The normalized spacial score (nSPS) is 17.7. The van der Waals surface area contributed by atoms with Crippen LogP contribution in [-0.4, -0.2) is 8.07 Å². The van der Waals surface area contributed by atoms with Gasteiger partial charge >= 0.3 is 0 Å². The zero-order valence-corrected chi connectivity index (χ0v) is 26.7. The Balaban J connectivity index is 1.49. The molecule has 0 aromatic heterocycles. The van der Waals surface area contributed by atoms with Crippen LogP contribution in [0.1, 0.15) is 84.0 Å². The van der Waals surface area contributed by atoms with Gasteiger partial charge in [0, 0.05) is 11.1 Å². The molecule has 2 aliphatic rings. The molecular formula is C40H44Si. The van der Waals surface area contributed by atoms with Crippen molar-refractivity contribution >= 4 is 20.2 Å². The maximum Gasteiger partial charge on any atom is 0.0722 e. The third-order valence-corrected chi connectivity index (χ3v) is 13.9. The van der Waals surface area contributed by atoms with Crippen LogP contribution in [0.5, 0.6) is 0 Å². The van der Waals surface area contributed by atoms with E-state index in [9.17, 15) is 0 Å². The van der Waals surface area contributed by atoms with Gasteiger partial charge in [-0.1, -0.05) is 159 Å². The smallest absolute Gasteiger partial charge is 0.0679 e. The number of fused-ring (bicyclic) bond motifs is 2. The summed E-state index contributed by atoms with van der Waals surface area (Å²) < 4.78 is 0. The molecule has 0 bridgehead atoms. The Morgan fingerprint density at radius 1 is 0.537 bits per heavy atom. The molecule has 0 fully saturated rings. The lowest BCUT2D eigenvalue weighted by molar-refractivity contribution is 0.822. The van der Waals surface area contributed by atoms with Crippen molar-refractivity contribution in [3.63, 3.8) is 0 Å². The van der Waals surface area contributed by atoms with E-state index in [1.54, 1.807) is 22.3 Å². The first kappa shape index (κ1) is 27.7. The summed E-state index contributed by atoms with van der Waals surface area (Å²) in [6, 6.07) is 32.4. The van der Waals surface area contributed by atoms with Gasteiger partial charge in [-0.25, -0.2) is 0 Å². The summed E-state index contributed by atoms with van der Waals surface area (Å²) in [6.45, 7) is 14.4. The van der Waals surface area contributed by atoms with E-state index < -0.39 is 8.07 Å². The molecule has 4 aromatic carbocycles. The van der Waals surface area contributed by atoms with Crippen LogP contribution in [0.4, 0.5) is 0 Å². The largest absolute Gasteiger partial charge is 0.0722 e. The summed E-state index contributed by atoms with van der Waals surface area (Å²) in [6.07, 6.45) is 9.93. The minimum atomic E-state index is -1.94. The van der Waals surface area contributed by atoms with Crippen molar-refractivity contribution < 1.29 is 0 Å². The fraction of sp³-hybridized carbons (Fsp3) is 0.300. The number of rotatable bonds is 8. The van der Waals surface area contributed by atoms with Gasteiger partial charge in [-0.15, -0.1) is 0 Å². The van der Waals surface area contributed by atoms with Crippen molar-refractivity contribution in [1.29, 1.82) is 0 Å². The van der Waals surface area contributed by atoms with Crippen LogP contribution in [0.25, 0.3) is 34.4 Å². The lowest BCUT2D eigenvalue weighted by atomic mass is 9.96. The average molecular weight is 553 g/mol. The number of allylic oxidation sites excluding steroid dienone is 2. The molecule has 0 saturated heterocycles. The van der Waals surface area contributed by atoms with Gasteiger partial charge < -0.3 is 0 Å². The van der Waals surface area contributed by atoms with Crippen molar-refractivity contribution in [3.05, 3.63) is 129 Å². The predicted molar refractivity (Wildman–Crippen MR) is 182 cm³/mol. The number of hydrogen-bond acceptors (Lipinski definition) is 0. The number of aryl methyl sites for hydroxylation is 2. The summed E-state index contributed by atoms with van der Waals surface area (Å²) in [5.41, 5.74) is 18.5. The Morgan fingerprint density at radius 2 is 0.927 bits per heavy atom. The standard InChI is InChI=1S/C40H44Si/c1-7-11-31-25-37-33(29-21-17-27(3)18-22-29)13-9-15-35(37)39(31)41(5,6)40-32(12-8-2)26-38-34(14-10-16-36(38)40)30-23-19-28(4)20-24-30/h9-10,13-26,39-40H,7-8,11-12H2,1-6H3. The Labute approximate surface area is 248 Å². The summed E-state index contributed by atoms with van der Waals surface area (Å²) in [7, 11) is -1.94. The van der Waals surface area contributed by atoms with Gasteiger partial charge in [0.05, 0.1) is 8.07 Å². The van der Waals surface area contributed by atoms with Gasteiger partial charge in [-0.2, -0.15) is 0 Å². The lowest BCUT2D eigenvalue weighted by Gasteiger charge is -2.40. The van der Waals surface area contributed by atoms with E-state index in [0.29, 0.717) is 11.1 Å². The Bertz CT molecular complexity index is 1510. The highest BCUT2D eigenvalue weighted by molar-refractivity contribution is 6.81. The van der Waals surface area contributed by atoms with E-state index in [-0.39, 0.29) is 0 Å². The van der Waals surface area contributed by atoms with Gasteiger partial charge in [-0.3, -0.25) is 0 Å². The molecule has 0 saturated carbocycles. The Kier molecular flexibility index (Phi) is 7.51. The number of benzene rings is 4. The maximum absolute atomic E-state index is 2.69. The Morgan fingerprint density at radius 3 is 1.29 bits per heavy atom. The first-order valence-electron chi connectivity index (χ1n) is 15.6. The molecule has 0 aliphatic heterocycles. The second-order valence-corrected chi connectivity index (χ2v) is 17.8. The maximum atomic E-state index is 2.69. The van der Waals surface area contributed by atoms with E-state index in [1.165, 1.54) is 70.2 Å². The van der Waals surface area contributed by atoms with Crippen LogP contribution >= 0.6 is 0 Å². The SMILES string of the molecule is CCCC1=Cc2c(-c3ccc(C)cc3)cccc2C1[Si](C)(C)C1C(CCC)=Cc2c(-c3ccc(C)cc3)cccc21. The fourth-order valence-corrected chi connectivity index (χ4v) is 12.6. The quantitative estimate of drug-likeness (QED) is 0.191. The zero-order valence-electron chi connectivity index (χ0n) is 25.7. The van der Waals surface area contributed by atoms with E-state index >= 15 is 0 Å². The van der Waals surface area contributed by atoms with Crippen molar-refractivity contribution in [2.75, 3.05) is 0 Å². The van der Waals surface area contributed by atoms with E-state index in [1.807, 2.05) is 0 Å². The second kappa shape index (κ2) is 11.1. The molecule has 0 heterocycles.